The van der Waals surface area contributed by atoms with Crippen molar-refractivity contribution in [3.05, 3.63) is 34.2 Å². The van der Waals surface area contributed by atoms with Gasteiger partial charge in [0.05, 0.1) is 7.11 Å². The first-order chi connectivity index (χ1) is 7.63. The summed E-state index contributed by atoms with van der Waals surface area (Å²) in [5.74, 6) is -0.664. The predicted molar refractivity (Wildman–Crippen MR) is 63.8 cm³/mol. The number of halogens is 1. The van der Waals surface area contributed by atoms with E-state index < -0.39 is 12.1 Å². The number of aliphatic hydroxyl groups is 1. The summed E-state index contributed by atoms with van der Waals surface area (Å²) < 4.78 is 5.41. The van der Waals surface area contributed by atoms with E-state index in [-0.39, 0.29) is 0 Å². The number of benzene rings is 1. The zero-order valence-electron chi connectivity index (χ0n) is 8.44. The van der Waals surface area contributed by atoms with Crippen molar-refractivity contribution in [2.75, 3.05) is 7.11 Å². The third-order valence-corrected chi connectivity index (χ3v) is 3.70. The number of rotatable bonds is 2. The molecule has 0 saturated carbocycles. The third kappa shape index (κ3) is 1.91. The molecule has 84 valence electrons. The van der Waals surface area contributed by atoms with E-state index in [0.717, 1.165) is 10.1 Å². The van der Waals surface area contributed by atoms with Gasteiger partial charge in [-0.2, -0.15) is 0 Å². The van der Waals surface area contributed by atoms with E-state index in [1.54, 1.807) is 12.1 Å². The summed E-state index contributed by atoms with van der Waals surface area (Å²) in [4.78, 5) is 11.7. The monoisotopic (exact) mass is 256 g/mol. The van der Waals surface area contributed by atoms with Crippen LogP contribution < -0.4 is 0 Å². The predicted octanol–water partition coefficient (Wildman–Crippen LogP) is 2.76. The largest absolute Gasteiger partial charge is 0.467 e. The molecule has 5 heteroatoms. The van der Waals surface area contributed by atoms with E-state index in [2.05, 4.69) is 4.74 Å². The Morgan fingerprint density at radius 2 is 2.31 bits per heavy atom. The Labute approximate surface area is 101 Å². The highest BCUT2D eigenvalue weighted by atomic mass is 35.5. The number of carbonyl (C=O) groups is 1. The number of fused-ring (bicyclic) bond motifs is 1. The summed E-state index contributed by atoms with van der Waals surface area (Å²) in [6, 6.07) is 7.20. The van der Waals surface area contributed by atoms with Crippen molar-refractivity contribution in [1.82, 2.24) is 0 Å². The second kappa shape index (κ2) is 4.41. The Bertz CT molecular complexity index is 535. The molecule has 1 aromatic carbocycles. The van der Waals surface area contributed by atoms with E-state index in [9.17, 15) is 9.90 Å². The molecule has 0 saturated heterocycles. The molecule has 1 unspecified atom stereocenters. The van der Waals surface area contributed by atoms with Crippen LogP contribution in [-0.2, 0) is 9.53 Å². The van der Waals surface area contributed by atoms with Crippen LogP contribution in [0.3, 0.4) is 0 Å². The summed E-state index contributed by atoms with van der Waals surface area (Å²) >= 11 is 7.33. The number of hydrogen-bond donors (Lipinski definition) is 1. The molecule has 3 nitrogen and oxygen atoms in total. The molecule has 0 aliphatic carbocycles. The van der Waals surface area contributed by atoms with Gasteiger partial charge in [-0.3, -0.25) is 0 Å². The van der Waals surface area contributed by atoms with Crippen LogP contribution in [0, 0.1) is 0 Å². The maximum absolute atomic E-state index is 11.2. The lowest BCUT2D eigenvalue weighted by atomic mass is 10.2. The minimum Gasteiger partial charge on any atom is -0.467 e. The number of aliphatic hydroxyl groups excluding tert-OH is 1. The molecular weight excluding hydrogens is 248 g/mol. The van der Waals surface area contributed by atoms with E-state index in [1.165, 1.54) is 18.4 Å². The van der Waals surface area contributed by atoms with Gasteiger partial charge in [0.15, 0.2) is 6.10 Å². The first kappa shape index (κ1) is 11.4. The molecule has 0 bridgehead atoms. The molecule has 1 aromatic heterocycles. The van der Waals surface area contributed by atoms with E-state index in [0.29, 0.717) is 9.90 Å². The number of esters is 1. The van der Waals surface area contributed by atoms with Gasteiger partial charge in [-0.15, -0.1) is 11.3 Å². The Morgan fingerprint density at radius 1 is 1.56 bits per heavy atom. The second-order valence-corrected chi connectivity index (χ2v) is 4.75. The quantitative estimate of drug-likeness (QED) is 0.841. The minimum atomic E-state index is -1.24. The van der Waals surface area contributed by atoms with Crippen molar-refractivity contribution in [3.8, 4) is 0 Å². The molecule has 0 spiro atoms. The lowest BCUT2D eigenvalue weighted by Gasteiger charge is -2.04. The summed E-state index contributed by atoms with van der Waals surface area (Å²) in [5.41, 5.74) is 0. The van der Waals surface area contributed by atoms with E-state index >= 15 is 0 Å². The molecule has 16 heavy (non-hydrogen) atoms. The molecular formula is C11H9ClO3S. The van der Waals surface area contributed by atoms with Crippen molar-refractivity contribution in [2.45, 2.75) is 6.10 Å². The molecule has 2 rings (SSSR count). The van der Waals surface area contributed by atoms with Crippen LogP contribution in [-0.4, -0.2) is 18.2 Å². The van der Waals surface area contributed by atoms with Crippen molar-refractivity contribution >= 4 is 39.0 Å². The standard InChI is InChI=1S/C11H9ClO3S/c1-15-11(14)10(13)9-5-6-7(12)3-2-4-8(6)16-9/h2-5,10,13H,1H3. The van der Waals surface area contributed by atoms with Crippen molar-refractivity contribution < 1.29 is 14.6 Å². The molecule has 1 heterocycles. The molecule has 0 amide bonds. The summed E-state index contributed by atoms with van der Waals surface area (Å²) in [7, 11) is 1.24. The maximum Gasteiger partial charge on any atom is 0.340 e. The van der Waals surface area contributed by atoms with Crippen molar-refractivity contribution in [2.24, 2.45) is 0 Å². The van der Waals surface area contributed by atoms with Gasteiger partial charge in [0, 0.05) is 20.0 Å². The van der Waals surface area contributed by atoms with Crippen LogP contribution in [0.25, 0.3) is 10.1 Å². The fourth-order valence-corrected chi connectivity index (χ4v) is 2.76. The van der Waals surface area contributed by atoms with Crippen LogP contribution in [0.5, 0.6) is 0 Å². The summed E-state index contributed by atoms with van der Waals surface area (Å²) in [5, 5.41) is 11.1. The maximum atomic E-state index is 11.2. The van der Waals surface area contributed by atoms with Gasteiger partial charge in [0.25, 0.3) is 0 Å². The molecule has 2 aromatic rings. The average molecular weight is 257 g/mol. The summed E-state index contributed by atoms with van der Waals surface area (Å²) in [6.45, 7) is 0. The molecule has 1 atom stereocenters. The second-order valence-electron chi connectivity index (χ2n) is 3.23. The van der Waals surface area contributed by atoms with E-state index in [1.807, 2.05) is 12.1 Å². The Kier molecular flexibility index (Phi) is 3.14. The van der Waals surface area contributed by atoms with Gasteiger partial charge < -0.3 is 9.84 Å². The first-order valence-corrected chi connectivity index (χ1v) is 5.77. The number of ether oxygens (including phenoxy) is 1. The van der Waals surface area contributed by atoms with Crippen LogP contribution in [0.1, 0.15) is 11.0 Å². The van der Waals surface area contributed by atoms with Crippen LogP contribution in [0.15, 0.2) is 24.3 Å². The zero-order chi connectivity index (χ0) is 11.7. The van der Waals surface area contributed by atoms with Gasteiger partial charge >= 0.3 is 5.97 Å². The molecule has 0 aliphatic rings. The van der Waals surface area contributed by atoms with Gasteiger partial charge in [0.1, 0.15) is 0 Å². The van der Waals surface area contributed by atoms with Crippen LogP contribution >= 0.6 is 22.9 Å². The summed E-state index contributed by atoms with van der Waals surface area (Å²) in [6.07, 6.45) is -1.24. The topological polar surface area (TPSA) is 46.5 Å². The lowest BCUT2D eigenvalue weighted by molar-refractivity contribution is -0.150. The normalized spacial score (nSPS) is 12.7. The average Bonchev–Trinajstić information content (AvgIpc) is 2.72. The zero-order valence-corrected chi connectivity index (χ0v) is 10.0. The Hall–Kier alpha value is -1.10. The Morgan fingerprint density at radius 3 is 2.94 bits per heavy atom. The van der Waals surface area contributed by atoms with Gasteiger partial charge in [-0.1, -0.05) is 17.7 Å². The molecule has 0 aliphatic heterocycles. The van der Waals surface area contributed by atoms with Crippen LogP contribution in [0.2, 0.25) is 5.02 Å². The number of thiophene rings is 1. The van der Waals surface area contributed by atoms with Gasteiger partial charge in [0.2, 0.25) is 0 Å². The number of methoxy groups -OCH3 is 1. The fraction of sp³-hybridized carbons (Fsp3) is 0.182. The Balaban J connectivity index is 2.47. The highest BCUT2D eigenvalue weighted by molar-refractivity contribution is 7.19. The molecule has 0 radical (unpaired) electrons. The van der Waals surface area contributed by atoms with E-state index in [4.69, 9.17) is 11.6 Å². The SMILES string of the molecule is COC(=O)C(O)c1cc2c(Cl)cccc2s1. The highest BCUT2D eigenvalue weighted by Crippen LogP contribution is 2.34. The van der Waals surface area contributed by atoms with Gasteiger partial charge in [-0.05, 0) is 18.2 Å². The third-order valence-electron chi connectivity index (χ3n) is 2.22. The van der Waals surface area contributed by atoms with Crippen LogP contribution in [0.4, 0.5) is 0 Å². The molecule has 0 fully saturated rings. The highest BCUT2D eigenvalue weighted by Gasteiger charge is 2.20. The van der Waals surface area contributed by atoms with Crippen molar-refractivity contribution in [1.29, 1.82) is 0 Å². The smallest absolute Gasteiger partial charge is 0.340 e. The fourth-order valence-electron chi connectivity index (χ4n) is 1.41. The number of carbonyl (C=O) groups excluding carboxylic acids is 1. The van der Waals surface area contributed by atoms with Gasteiger partial charge in [-0.25, -0.2) is 4.79 Å². The number of hydrogen-bond acceptors (Lipinski definition) is 4. The van der Waals surface area contributed by atoms with Crippen molar-refractivity contribution in [3.63, 3.8) is 0 Å². The molecule has 1 N–H and O–H groups in total. The first-order valence-electron chi connectivity index (χ1n) is 4.57. The lowest BCUT2D eigenvalue weighted by Crippen LogP contribution is -2.11. The minimum absolute atomic E-state index is 0.537.